The quantitative estimate of drug-likeness (QED) is 0.675. The first-order valence-electron chi connectivity index (χ1n) is 4.61. The van der Waals surface area contributed by atoms with Crippen LogP contribution in [0, 0.1) is 0 Å². The fraction of sp³-hybridized carbons (Fsp3) is 0.375. The summed E-state index contributed by atoms with van der Waals surface area (Å²) in [6, 6.07) is -0.201. The normalized spacial score (nSPS) is 15.3. The molecule has 0 saturated carbocycles. The van der Waals surface area contributed by atoms with E-state index in [1.807, 2.05) is 0 Å². The smallest absolute Gasteiger partial charge is 0.326 e. The van der Waals surface area contributed by atoms with Gasteiger partial charge < -0.3 is 15.2 Å². The second-order valence-corrected chi connectivity index (χ2v) is 4.15. The SMILES string of the molecule is O=C1NCCN1Cc1[nH]c(=O)[nH]c(=O)c1Br. The van der Waals surface area contributed by atoms with E-state index in [1.165, 1.54) is 4.90 Å². The molecule has 0 bridgehead atoms. The molecule has 0 atom stereocenters. The topological polar surface area (TPSA) is 98.1 Å². The molecule has 2 rings (SSSR count). The number of hydrogen-bond donors (Lipinski definition) is 3. The second kappa shape index (κ2) is 4.12. The predicted molar refractivity (Wildman–Crippen MR) is 59.2 cm³/mol. The van der Waals surface area contributed by atoms with Gasteiger partial charge in [0.15, 0.2) is 0 Å². The maximum absolute atomic E-state index is 11.3. The van der Waals surface area contributed by atoms with Crippen molar-refractivity contribution < 1.29 is 4.79 Å². The van der Waals surface area contributed by atoms with Gasteiger partial charge in [-0.3, -0.25) is 9.78 Å². The summed E-state index contributed by atoms with van der Waals surface area (Å²) in [6.45, 7) is 1.33. The number of urea groups is 1. The van der Waals surface area contributed by atoms with Crippen molar-refractivity contribution in [3.05, 3.63) is 31.0 Å². The van der Waals surface area contributed by atoms with Crippen molar-refractivity contribution in [2.45, 2.75) is 6.54 Å². The molecule has 0 unspecified atom stereocenters. The number of nitrogens with one attached hydrogen (secondary N) is 3. The van der Waals surface area contributed by atoms with Crippen molar-refractivity contribution >= 4 is 22.0 Å². The minimum atomic E-state index is -0.581. The van der Waals surface area contributed by atoms with Gasteiger partial charge in [0, 0.05) is 13.1 Å². The van der Waals surface area contributed by atoms with E-state index in [9.17, 15) is 14.4 Å². The van der Waals surface area contributed by atoms with Crippen LogP contribution in [0.5, 0.6) is 0 Å². The summed E-state index contributed by atoms with van der Waals surface area (Å²) in [5.74, 6) is 0. The van der Waals surface area contributed by atoms with E-state index in [0.29, 0.717) is 18.8 Å². The van der Waals surface area contributed by atoms with Crippen molar-refractivity contribution in [2.75, 3.05) is 13.1 Å². The van der Waals surface area contributed by atoms with E-state index in [2.05, 4.69) is 31.2 Å². The van der Waals surface area contributed by atoms with Gasteiger partial charge in [0.2, 0.25) is 0 Å². The predicted octanol–water partition coefficient (Wildman–Crippen LogP) is -0.649. The highest BCUT2D eigenvalue weighted by atomic mass is 79.9. The zero-order chi connectivity index (χ0) is 11.7. The van der Waals surface area contributed by atoms with Gasteiger partial charge in [-0.2, -0.15) is 0 Å². The first-order valence-corrected chi connectivity index (χ1v) is 5.41. The van der Waals surface area contributed by atoms with Crippen LogP contribution >= 0.6 is 15.9 Å². The number of aromatic amines is 2. The molecule has 86 valence electrons. The van der Waals surface area contributed by atoms with E-state index in [1.54, 1.807) is 0 Å². The molecule has 1 aliphatic heterocycles. The third kappa shape index (κ3) is 2.01. The van der Waals surface area contributed by atoms with Crippen LogP contribution in [-0.2, 0) is 6.54 Å². The summed E-state index contributed by atoms with van der Waals surface area (Å²) in [4.78, 5) is 39.7. The zero-order valence-corrected chi connectivity index (χ0v) is 9.76. The minimum absolute atomic E-state index is 0.200. The summed E-state index contributed by atoms with van der Waals surface area (Å²) >= 11 is 3.07. The van der Waals surface area contributed by atoms with Gasteiger partial charge in [-0.15, -0.1) is 0 Å². The molecule has 1 saturated heterocycles. The lowest BCUT2D eigenvalue weighted by atomic mass is 10.4. The number of carbonyl (C=O) groups is 1. The standard InChI is InChI=1S/C8H9BrN4O3/c9-5-4(11-7(15)12-6(5)14)3-13-2-1-10-8(13)16/h1-3H2,(H,10,16)(H2,11,12,14,15). The Morgan fingerprint density at radius 3 is 2.62 bits per heavy atom. The maximum atomic E-state index is 11.3. The number of aromatic nitrogens is 2. The molecular weight excluding hydrogens is 280 g/mol. The van der Waals surface area contributed by atoms with Crippen LogP contribution in [0.1, 0.15) is 5.69 Å². The molecule has 1 aliphatic rings. The molecule has 0 aromatic carbocycles. The van der Waals surface area contributed by atoms with Crippen molar-refractivity contribution in [3.63, 3.8) is 0 Å². The third-order valence-corrected chi connectivity index (χ3v) is 3.09. The third-order valence-electron chi connectivity index (χ3n) is 2.25. The van der Waals surface area contributed by atoms with Crippen LogP contribution in [-0.4, -0.2) is 34.0 Å². The Morgan fingerprint density at radius 1 is 1.25 bits per heavy atom. The molecule has 1 fully saturated rings. The Labute approximate surface area is 98.0 Å². The molecule has 2 heterocycles. The lowest BCUT2D eigenvalue weighted by Gasteiger charge is -2.14. The highest BCUT2D eigenvalue weighted by Crippen LogP contribution is 2.10. The van der Waals surface area contributed by atoms with Crippen molar-refractivity contribution in [2.24, 2.45) is 0 Å². The Balaban J connectivity index is 2.31. The number of rotatable bonds is 2. The monoisotopic (exact) mass is 288 g/mol. The van der Waals surface area contributed by atoms with Gasteiger partial charge in [-0.25, -0.2) is 9.59 Å². The average Bonchev–Trinajstić information content (AvgIpc) is 2.60. The largest absolute Gasteiger partial charge is 0.336 e. The van der Waals surface area contributed by atoms with Gasteiger partial charge in [-0.05, 0) is 15.9 Å². The second-order valence-electron chi connectivity index (χ2n) is 3.35. The van der Waals surface area contributed by atoms with E-state index in [-0.39, 0.29) is 17.0 Å². The summed E-state index contributed by atoms with van der Waals surface area (Å²) in [5, 5.41) is 2.63. The zero-order valence-electron chi connectivity index (χ0n) is 8.17. The molecule has 1 aromatic heterocycles. The molecule has 0 radical (unpaired) electrons. The van der Waals surface area contributed by atoms with Crippen LogP contribution < -0.4 is 16.6 Å². The van der Waals surface area contributed by atoms with Crippen LogP contribution in [0.15, 0.2) is 14.1 Å². The first kappa shape index (κ1) is 10.9. The Kier molecular flexibility index (Phi) is 2.82. The van der Waals surface area contributed by atoms with E-state index < -0.39 is 11.2 Å². The lowest BCUT2D eigenvalue weighted by molar-refractivity contribution is 0.215. The summed E-state index contributed by atoms with van der Waals surface area (Å²) in [5.41, 5.74) is -0.688. The van der Waals surface area contributed by atoms with Gasteiger partial charge in [0.1, 0.15) is 4.47 Å². The van der Waals surface area contributed by atoms with Crippen LogP contribution in [0.2, 0.25) is 0 Å². The summed E-state index contributed by atoms with van der Waals surface area (Å²) in [6.07, 6.45) is 0. The number of H-pyrrole nitrogens is 2. The van der Waals surface area contributed by atoms with Gasteiger partial charge in [-0.1, -0.05) is 0 Å². The average molecular weight is 289 g/mol. The molecular formula is C8H9BrN4O3. The van der Waals surface area contributed by atoms with E-state index in [4.69, 9.17) is 0 Å². The number of nitrogens with zero attached hydrogens (tertiary/aromatic N) is 1. The highest BCUT2D eigenvalue weighted by molar-refractivity contribution is 9.10. The minimum Gasteiger partial charge on any atom is -0.336 e. The molecule has 8 heteroatoms. The molecule has 16 heavy (non-hydrogen) atoms. The van der Waals surface area contributed by atoms with Gasteiger partial charge >= 0.3 is 11.7 Å². The number of amides is 2. The molecule has 2 amide bonds. The van der Waals surface area contributed by atoms with Crippen LogP contribution in [0.4, 0.5) is 4.79 Å². The fourth-order valence-electron chi connectivity index (χ4n) is 1.48. The van der Waals surface area contributed by atoms with Crippen LogP contribution in [0.25, 0.3) is 0 Å². The summed E-state index contributed by atoms with van der Waals surface area (Å²) in [7, 11) is 0. The molecule has 0 spiro atoms. The Bertz CT molecular complexity index is 535. The van der Waals surface area contributed by atoms with Crippen molar-refractivity contribution in [3.8, 4) is 0 Å². The Hall–Kier alpha value is -1.57. The first-order chi connectivity index (χ1) is 7.58. The van der Waals surface area contributed by atoms with Crippen LogP contribution in [0.3, 0.4) is 0 Å². The highest BCUT2D eigenvalue weighted by Gasteiger charge is 2.21. The number of carbonyl (C=O) groups excluding carboxylic acids is 1. The van der Waals surface area contributed by atoms with Crippen molar-refractivity contribution in [1.82, 2.24) is 20.2 Å². The molecule has 0 aliphatic carbocycles. The molecule has 7 nitrogen and oxygen atoms in total. The molecule has 1 aromatic rings. The number of hydrogen-bond acceptors (Lipinski definition) is 3. The summed E-state index contributed by atoms with van der Waals surface area (Å²) < 4.78 is 0.242. The maximum Gasteiger partial charge on any atom is 0.326 e. The van der Waals surface area contributed by atoms with Crippen molar-refractivity contribution in [1.29, 1.82) is 0 Å². The molecule has 3 N–H and O–H groups in total. The van der Waals surface area contributed by atoms with Gasteiger partial charge in [0.05, 0.1) is 12.2 Å². The van der Waals surface area contributed by atoms with E-state index >= 15 is 0 Å². The Morgan fingerprint density at radius 2 is 2.00 bits per heavy atom. The number of halogens is 1. The van der Waals surface area contributed by atoms with Gasteiger partial charge in [0.25, 0.3) is 5.56 Å². The van der Waals surface area contributed by atoms with E-state index in [0.717, 1.165) is 0 Å². The fourth-order valence-corrected chi connectivity index (χ4v) is 1.80. The lowest BCUT2D eigenvalue weighted by Crippen LogP contribution is -2.32.